The van der Waals surface area contributed by atoms with Crippen molar-refractivity contribution in [1.29, 1.82) is 0 Å². The van der Waals surface area contributed by atoms with Gasteiger partial charge in [-0.3, -0.25) is 4.79 Å². The third-order valence-corrected chi connectivity index (χ3v) is 4.21. The maximum Gasteiger partial charge on any atom is 0.408 e. The first-order chi connectivity index (χ1) is 11.5. The standard InChI is InChI=1S/C18H32N2O5/c1-7-12-8-9-14(16(22)23)20(12)15(21)13(10-11(2)3)19-17(24)25-18(4,5)6/h11-14H,7-10H2,1-6H3,(H,19,24)(H,22,23)/t12?,13-,14-/m0/s1. The lowest BCUT2D eigenvalue weighted by atomic mass is 10.0. The van der Waals surface area contributed by atoms with E-state index in [0.717, 1.165) is 0 Å². The van der Waals surface area contributed by atoms with Crippen molar-refractivity contribution in [3.05, 3.63) is 0 Å². The maximum absolute atomic E-state index is 13.1. The molecule has 0 bridgehead atoms. The number of carboxylic acid groups (broad SMARTS) is 1. The molecule has 2 amide bonds. The average molecular weight is 356 g/mol. The Morgan fingerprint density at radius 2 is 1.84 bits per heavy atom. The van der Waals surface area contributed by atoms with Gasteiger partial charge in [0.2, 0.25) is 5.91 Å². The van der Waals surface area contributed by atoms with Crippen LogP contribution in [0.15, 0.2) is 0 Å². The number of nitrogens with zero attached hydrogens (tertiary/aromatic N) is 1. The lowest BCUT2D eigenvalue weighted by molar-refractivity contribution is -0.150. The normalized spacial score (nSPS) is 22.0. The van der Waals surface area contributed by atoms with Crippen LogP contribution in [0.25, 0.3) is 0 Å². The van der Waals surface area contributed by atoms with Crippen molar-refractivity contribution >= 4 is 18.0 Å². The fraction of sp³-hybridized carbons (Fsp3) is 0.833. The highest BCUT2D eigenvalue weighted by molar-refractivity contribution is 5.90. The number of nitrogens with one attached hydrogen (secondary N) is 1. The molecule has 0 aromatic carbocycles. The smallest absolute Gasteiger partial charge is 0.408 e. The third kappa shape index (κ3) is 6.21. The van der Waals surface area contributed by atoms with E-state index in [0.29, 0.717) is 25.7 Å². The number of alkyl carbamates (subject to hydrolysis) is 1. The zero-order valence-corrected chi connectivity index (χ0v) is 16.2. The molecule has 2 N–H and O–H groups in total. The first-order valence-corrected chi connectivity index (χ1v) is 9.00. The van der Waals surface area contributed by atoms with Crippen LogP contribution in [0, 0.1) is 5.92 Å². The zero-order valence-electron chi connectivity index (χ0n) is 16.2. The summed E-state index contributed by atoms with van der Waals surface area (Å²) in [6.45, 7) is 11.1. The van der Waals surface area contributed by atoms with Crippen molar-refractivity contribution in [2.24, 2.45) is 5.92 Å². The van der Waals surface area contributed by atoms with E-state index in [1.807, 2.05) is 20.8 Å². The summed E-state index contributed by atoms with van der Waals surface area (Å²) in [6.07, 6.45) is 1.57. The fourth-order valence-corrected chi connectivity index (χ4v) is 3.18. The van der Waals surface area contributed by atoms with Gasteiger partial charge < -0.3 is 20.1 Å². The highest BCUT2D eigenvalue weighted by atomic mass is 16.6. The van der Waals surface area contributed by atoms with E-state index in [9.17, 15) is 19.5 Å². The largest absolute Gasteiger partial charge is 0.480 e. The molecule has 0 aliphatic carbocycles. The molecule has 7 nitrogen and oxygen atoms in total. The summed E-state index contributed by atoms with van der Waals surface area (Å²) in [6, 6.07) is -1.72. The van der Waals surface area contributed by atoms with Crippen LogP contribution in [-0.4, -0.2) is 51.7 Å². The highest BCUT2D eigenvalue weighted by Gasteiger charge is 2.43. The topological polar surface area (TPSA) is 95.9 Å². The number of hydrogen-bond donors (Lipinski definition) is 2. The van der Waals surface area contributed by atoms with Gasteiger partial charge >= 0.3 is 12.1 Å². The summed E-state index contributed by atoms with van der Waals surface area (Å²) in [5.74, 6) is -1.17. The molecule has 0 aromatic rings. The SMILES string of the molecule is CCC1CC[C@@H](C(=O)O)N1C(=O)[C@H](CC(C)C)NC(=O)OC(C)(C)C. The molecule has 0 aromatic heterocycles. The Kier molecular flexibility index (Phi) is 7.26. The Labute approximate surface area is 150 Å². The number of carbonyl (C=O) groups is 3. The number of ether oxygens (including phenoxy) is 1. The Bertz CT molecular complexity index is 498. The number of rotatable bonds is 6. The summed E-state index contributed by atoms with van der Waals surface area (Å²) in [7, 11) is 0. The first-order valence-electron chi connectivity index (χ1n) is 9.00. The number of likely N-dealkylation sites (tertiary alicyclic amines) is 1. The minimum absolute atomic E-state index is 0.108. The molecule has 1 unspecified atom stereocenters. The van der Waals surface area contributed by atoms with Crippen molar-refractivity contribution in [3.63, 3.8) is 0 Å². The molecule has 1 aliphatic heterocycles. The van der Waals surface area contributed by atoms with Crippen LogP contribution in [0.2, 0.25) is 0 Å². The van der Waals surface area contributed by atoms with Crippen molar-refractivity contribution in [3.8, 4) is 0 Å². The van der Waals surface area contributed by atoms with E-state index in [-0.39, 0.29) is 17.9 Å². The van der Waals surface area contributed by atoms with Crippen LogP contribution in [0.5, 0.6) is 0 Å². The molecule has 3 atom stereocenters. The Morgan fingerprint density at radius 1 is 1.24 bits per heavy atom. The predicted molar refractivity (Wildman–Crippen MR) is 94.2 cm³/mol. The summed E-state index contributed by atoms with van der Waals surface area (Å²) in [4.78, 5) is 38.2. The molecule has 25 heavy (non-hydrogen) atoms. The Morgan fingerprint density at radius 3 is 2.28 bits per heavy atom. The number of carbonyl (C=O) groups excluding carboxylic acids is 2. The van der Waals surface area contributed by atoms with Crippen LogP contribution in [-0.2, 0) is 14.3 Å². The Balaban J connectivity index is 2.98. The number of hydrogen-bond acceptors (Lipinski definition) is 4. The quantitative estimate of drug-likeness (QED) is 0.763. The minimum atomic E-state index is -0.995. The van der Waals surface area contributed by atoms with Crippen LogP contribution < -0.4 is 5.32 Å². The number of aliphatic carboxylic acids is 1. The van der Waals surface area contributed by atoms with Gasteiger partial charge in [-0.2, -0.15) is 0 Å². The van der Waals surface area contributed by atoms with E-state index >= 15 is 0 Å². The van der Waals surface area contributed by atoms with Crippen molar-refractivity contribution in [1.82, 2.24) is 10.2 Å². The second-order valence-corrected chi connectivity index (χ2v) is 8.07. The van der Waals surface area contributed by atoms with Crippen molar-refractivity contribution in [2.75, 3.05) is 0 Å². The van der Waals surface area contributed by atoms with Gasteiger partial charge in [0.05, 0.1) is 0 Å². The molecule has 0 spiro atoms. The molecule has 1 heterocycles. The zero-order chi connectivity index (χ0) is 19.4. The van der Waals surface area contributed by atoms with Crippen molar-refractivity contribution in [2.45, 2.75) is 91.0 Å². The molecule has 0 radical (unpaired) electrons. The monoisotopic (exact) mass is 356 g/mol. The van der Waals surface area contributed by atoms with Gasteiger partial charge in [-0.1, -0.05) is 20.8 Å². The van der Waals surface area contributed by atoms with Crippen LogP contribution in [0.1, 0.15) is 67.2 Å². The lowest BCUT2D eigenvalue weighted by Crippen LogP contribution is -2.55. The first kappa shape index (κ1) is 21.3. The molecule has 1 aliphatic rings. The fourth-order valence-electron chi connectivity index (χ4n) is 3.18. The lowest BCUT2D eigenvalue weighted by Gasteiger charge is -2.32. The van der Waals surface area contributed by atoms with Crippen LogP contribution in [0.4, 0.5) is 4.79 Å². The molecule has 1 saturated heterocycles. The molecule has 7 heteroatoms. The highest BCUT2D eigenvalue weighted by Crippen LogP contribution is 2.28. The van der Waals surface area contributed by atoms with Crippen molar-refractivity contribution < 1.29 is 24.2 Å². The molecule has 1 fully saturated rings. The number of carboxylic acids is 1. The minimum Gasteiger partial charge on any atom is -0.480 e. The molecule has 0 saturated carbocycles. The summed E-state index contributed by atoms with van der Waals surface area (Å²) in [5.41, 5.74) is -0.668. The van der Waals surface area contributed by atoms with E-state index < -0.39 is 29.7 Å². The second kappa shape index (κ2) is 8.54. The second-order valence-electron chi connectivity index (χ2n) is 8.07. The van der Waals surface area contributed by atoms with Gasteiger partial charge in [0.15, 0.2) is 0 Å². The molecule has 1 rings (SSSR count). The molecular formula is C18H32N2O5. The van der Waals surface area contributed by atoms with E-state index in [1.54, 1.807) is 20.8 Å². The average Bonchev–Trinajstić information content (AvgIpc) is 2.87. The predicted octanol–water partition coefficient (Wildman–Crippen LogP) is 2.78. The maximum atomic E-state index is 13.1. The van der Waals surface area contributed by atoms with Crippen LogP contribution in [0.3, 0.4) is 0 Å². The summed E-state index contributed by atoms with van der Waals surface area (Å²) in [5, 5.41) is 12.1. The van der Waals surface area contributed by atoms with Gasteiger partial charge in [0.1, 0.15) is 17.7 Å². The van der Waals surface area contributed by atoms with E-state index in [1.165, 1.54) is 4.90 Å². The molecular weight excluding hydrogens is 324 g/mol. The third-order valence-electron chi connectivity index (χ3n) is 4.21. The van der Waals surface area contributed by atoms with Gasteiger partial charge in [0.25, 0.3) is 0 Å². The van der Waals surface area contributed by atoms with Gasteiger partial charge in [-0.15, -0.1) is 0 Å². The van der Waals surface area contributed by atoms with E-state index in [2.05, 4.69) is 5.32 Å². The molecule has 144 valence electrons. The van der Waals surface area contributed by atoms with Gasteiger partial charge in [-0.05, 0) is 52.4 Å². The summed E-state index contributed by atoms with van der Waals surface area (Å²) >= 11 is 0. The van der Waals surface area contributed by atoms with E-state index in [4.69, 9.17) is 4.74 Å². The summed E-state index contributed by atoms with van der Waals surface area (Å²) < 4.78 is 5.25. The van der Waals surface area contributed by atoms with Gasteiger partial charge in [-0.25, -0.2) is 9.59 Å². The van der Waals surface area contributed by atoms with Gasteiger partial charge in [0, 0.05) is 6.04 Å². The Hall–Kier alpha value is -1.79. The number of amides is 2. The van der Waals surface area contributed by atoms with Crippen LogP contribution >= 0.6 is 0 Å².